The number of amides is 1. The molecule has 1 aliphatic heterocycles. The number of aromatic nitrogens is 1. The van der Waals surface area contributed by atoms with Crippen LogP contribution in [0.1, 0.15) is 37.3 Å². The summed E-state index contributed by atoms with van der Waals surface area (Å²) in [5.41, 5.74) is 2.90. The maximum Gasteiger partial charge on any atom is 0.220 e. The lowest BCUT2D eigenvalue weighted by atomic mass is 9.64. The molecule has 0 spiro atoms. The highest BCUT2D eigenvalue weighted by Crippen LogP contribution is 2.44. The monoisotopic (exact) mass is 374 g/mol. The third kappa shape index (κ3) is 2.83. The number of benzene rings is 2. The Morgan fingerprint density at radius 3 is 2.96 bits per heavy atom. The van der Waals surface area contributed by atoms with E-state index in [9.17, 15) is 4.79 Å². The zero-order valence-electron chi connectivity index (χ0n) is 15.4. The van der Waals surface area contributed by atoms with Crippen LogP contribution in [0.3, 0.4) is 0 Å². The van der Waals surface area contributed by atoms with Gasteiger partial charge in [-0.15, -0.1) is 0 Å². The van der Waals surface area contributed by atoms with Crippen LogP contribution < -0.4 is 5.32 Å². The molecule has 3 nitrogen and oxygen atoms in total. The first-order valence-corrected chi connectivity index (χ1v) is 10.4. The Hall–Kier alpha value is -2.33. The van der Waals surface area contributed by atoms with Crippen LogP contribution in [-0.2, 0) is 16.6 Å². The third-order valence-corrected chi connectivity index (χ3v) is 7.23. The zero-order valence-corrected chi connectivity index (χ0v) is 16.2. The molecule has 0 radical (unpaired) electrons. The molecule has 2 atom stereocenters. The van der Waals surface area contributed by atoms with Crippen molar-refractivity contribution in [2.24, 2.45) is 0 Å². The van der Waals surface area contributed by atoms with Crippen LogP contribution >= 0.6 is 11.8 Å². The molecular formula is C23H22N2OS. The Morgan fingerprint density at radius 1 is 1.15 bits per heavy atom. The summed E-state index contributed by atoms with van der Waals surface area (Å²) < 4.78 is 0. The first-order valence-electron chi connectivity index (χ1n) is 9.58. The molecule has 5 rings (SSSR count). The second kappa shape index (κ2) is 6.38. The lowest BCUT2D eigenvalue weighted by Gasteiger charge is -2.46. The Labute approximate surface area is 163 Å². The van der Waals surface area contributed by atoms with E-state index in [-0.39, 0.29) is 17.4 Å². The summed E-state index contributed by atoms with van der Waals surface area (Å²) >= 11 is 1.74. The fourth-order valence-electron chi connectivity index (χ4n) is 4.67. The molecule has 2 heterocycles. The predicted octanol–water partition coefficient (Wildman–Crippen LogP) is 4.87. The summed E-state index contributed by atoms with van der Waals surface area (Å²) in [6.07, 6.45) is 5.50. The van der Waals surface area contributed by atoms with Gasteiger partial charge in [-0.2, -0.15) is 0 Å². The smallest absolute Gasteiger partial charge is 0.220 e. The van der Waals surface area contributed by atoms with E-state index in [0.717, 1.165) is 24.3 Å². The fraction of sp³-hybridized carbons (Fsp3) is 0.304. The van der Waals surface area contributed by atoms with Crippen LogP contribution in [0.15, 0.2) is 64.6 Å². The van der Waals surface area contributed by atoms with E-state index < -0.39 is 0 Å². The highest BCUT2D eigenvalue weighted by Gasteiger charge is 2.43. The van der Waals surface area contributed by atoms with Crippen molar-refractivity contribution in [3.8, 4) is 0 Å². The van der Waals surface area contributed by atoms with Gasteiger partial charge in [0.05, 0.1) is 0 Å². The molecule has 1 amide bonds. The molecule has 27 heavy (non-hydrogen) atoms. The van der Waals surface area contributed by atoms with Crippen molar-refractivity contribution in [2.45, 2.75) is 54.0 Å². The van der Waals surface area contributed by atoms with Crippen molar-refractivity contribution in [3.05, 3.63) is 65.9 Å². The van der Waals surface area contributed by atoms with Gasteiger partial charge in [0.25, 0.3) is 0 Å². The number of rotatable bonds is 2. The van der Waals surface area contributed by atoms with Gasteiger partial charge < -0.3 is 5.32 Å². The molecule has 0 unspecified atom stereocenters. The average molecular weight is 375 g/mol. The van der Waals surface area contributed by atoms with E-state index in [1.165, 1.54) is 26.8 Å². The number of fused-ring (bicyclic) bond motifs is 4. The number of carbonyl (C=O) groups is 1. The Kier molecular flexibility index (Phi) is 3.97. The van der Waals surface area contributed by atoms with E-state index in [4.69, 9.17) is 0 Å². The Balaban J connectivity index is 1.49. The molecule has 4 heteroatoms. The van der Waals surface area contributed by atoms with Gasteiger partial charge in [0.2, 0.25) is 5.91 Å². The molecule has 3 aromatic rings. The standard InChI is InChI=1S/C23H22N2OS/c1-23-12-10-21(26)25-20(23)9-6-16-14-17(7-8-19(16)23)27-22-18-5-3-2-4-15(18)11-13-24-22/h2-5,7-8,11,13-14,20H,6,9-10,12H2,1H3,(H,25,26)/t20-,23-/m1/s1. The SMILES string of the molecule is C[C@]12CCC(=O)N[C@@H]1CCc1cc(Sc3nccc4ccccc34)ccc12. The minimum Gasteiger partial charge on any atom is -0.352 e. The van der Waals surface area contributed by atoms with Crippen LogP contribution in [0.5, 0.6) is 0 Å². The zero-order chi connectivity index (χ0) is 18.4. The van der Waals surface area contributed by atoms with Crippen LogP contribution in [0.25, 0.3) is 10.8 Å². The molecule has 1 fully saturated rings. The van der Waals surface area contributed by atoms with Crippen LogP contribution in [-0.4, -0.2) is 16.9 Å². The number of hydrogen-bond donors (Lipinski definition) is 1. The van der Waals surface area contributed by atoms with Gasteiger partial charge >= 0.3 is 0 Å². The van der Waals surface area contributed by atoms with Gasteiger partial charge in [0, 0.05) is 34.4 Å². The minimum atomic E-state index is 0.0579. The van der Waals surface area contributed by atoms with E-state index in [0.29, 0.717) is 6.42 Å². The first-order chi connectivity index (χ1) is 13.1. The number of nitrogens with zero attached hydrogens (tertiary/aromatic N) is 1. The van der Waals surface area contributed by atoms with E-state index in [1.54, 1.807) is 11.8 Å². The molecule has 2 aliphatic rings. The summed E-state index contributed by atoms with van der Waals surface area (Å²) in [7, 11) is 0. The molecule has 0 saturated carbocycles. The predicted molar refractivity (Wildman–Crippen MR) is 109 cm³/mol. The maximum absolute atomic E-state index is 11.8. The number of pyridine rings is 1. The summed E-state index contributed by atoms with van der Waals surface area (Å²) in [5.74, 6) is 0.204. The lowest BCUT2D eigenvalue weighted by Crippen LogP contribution is -2.55. The molecule has 2 aromatic carbocycles. The quantitative estimate of drug-likeness (QED) is 0.696. The number of carbonyl (C=O) groups excluding carboxylic acids is 1. The summed E-state index contributed by atoms with van der Waals surface area (Å²) in [6.45, 7) is 2.31. The van der Waals surface area contributed by atoms with Crippen molar-refractivity contribution in [3.63, 3.8) is 0 Å². The second-order valence-corrected chi connectivity index (χ2v) is 8.90. The molecule has 1 aliphatic carbocycles. The van der Waals surface area contributed by atoms with E-state index in [2.05, 4.69) is 65.8 Å². The Bertz CT molecular complexity index is 1040. The molecular weight excluding hydrogens is 352 g/mol. The van der Waals surface area contributed by atoms with Crippen molar-refractivity contribution >= 4 is 28.4 Å². The second-order valence-electron chi connectivity index (χ2n) is 7.83. The third-order valence-electron chi connectivity index (χ3n) is 6.22. The highest BCUT2D eigenvalue weighted by atomic mass is 32.2. The molecule has 1 aromatic heterocycles. The Morgan fingerprint density at radius 2 is 2.04 bits per heavy atom. The van der Waals surface area contributed by atoms with E-state index >= 15 is 0 Å². The van der Waals surface area contributed by atoms with Crippen LogP contribution in [0, 0.1) is 0 Å². The number of piperidine rings is 1. The van der Waals surface area contributed by atoms with Gasteiger partial charge in [0.15, 0.2) is 0 Å². The van der Waals surface area contributed by atoms with Gasteiger partial charge in [-0.25, -0.2) is 4.98 Å². The normalized spacial score (nSPS) is 24.2. The molecule has 136 valence electrons. The summed E-state index contributed by atoms with van der Waals surface area (Å²) in [4.78, 5) is 17.7. The van der Waals surface area contributed by atoms with Crippen LogP contribution in [0.2, 0.25) is 0 Å². The van der Waals surface area contributed by atoms with Gasteiger partial charge in [0.1, 0.15) is 5.03 Å². The minimum absolute atomic E-state index is 0.0579. The topological polar surface area (TPSA) is 42.0 Å². The van der Waals surface area contributed by atoms with Crippen LogP contribution in [0.4, 0.5) is 0 Å². The number of hydrogen-bond acceptors (Lipinski definition) is 3. The van der Waals surface area contributed by atoms with Crippen molar-refractivity contribution in [1.82, 2.24) is 10.3 Å². The molecule has 1 N–H and O–H groups in total. The average Bonchev–Trinajstić information content (AvgIpc) is 2.69. The number of aryl methyl sites for hydroxylation is 1. The summed E-state index contributed by atoms with van der Waals surface area (Å²) in [6, 6.07) is 17.6. The summed E-state index contributed by atoms with van der Waals surface area (Å²) in [5, 5.41) is 6.70. The van der Waals surface area contributed by atoms with Crippen molar-refractivity contribution < 1.29 is 4.79 Å². The first kappa shape index (κ1) is 16.8. The van der Waals surface area contributed by atoms with E-state index in [1.807, 2.05) is 6.20 Å². The van der Waals surface area contributed by atoms with Gasteiger partial charge in [-0.1, -0.05) is 49.0 Å². The molecule has 0 bridgehead atoms. The highest BCUT2D eigenvalue weighted by molar-refractivity contribution is 7.99. The van der Waals surface area contributed by atoms with Crippen molar-refractivity contribution in [1.29, 1.82) is 0 Å². The van der Waals surface area contributed by atoms with Gasteiger partial charge in [-0.3, -0.25) is 4.79 Å². The molecule has 1 saturated heterocycles. The fourth-order valence-corrected chi connectivity index (χ4v) is 5.64. The largest absolute Gasteiger partial charge is 0.352 e. The lowest BCUT2D eigenvalue weighted by molar-refractivity contribution is -0.125. The van der Waals surface area contributed by atoms with Crippen molar-refractivity contribution in [2.75, 3.05) is 0 Å². The van der Waals surface area contributed by atoms with Gasteiger partial charge in [-0.05, 0) is 54.0 Å². The maximum atomic E-state index is 11.8. The number of nitrogens with one attached hydrogen (secondary N) is 1.